The number of ketones is 1. The van der Waals surface area contributed by atoms with Crippen LogP contribution in [0, 0.1) is 5.41 Å². The Balaban J connectivity index is 2.27. The zero-order chi connectivity index (χ0) is 21.5. The Morgan fingerprint density at radius 3 is 2.45 bits per heavy atom. The Kier molecular flexibility index (Phi) is 5.68. The van der Waals surface area contributed by atoms with Gasteiger partial charge in [-0.05, 0) is 36.5 Å². The molecule has 2 aliphatic rings. The molecule has 1 aliphatic heterocycles. The van der Waals surface area contributed by atoms with E-state index < -0.39 is 11.9 Å². The number of esters is 1. The first-order valence-corrected chi connectivity index (χ1v) is 9.75. The molecule has 6 nitrogen and oxygen atoms in total. The number of dihydropyridines is 1. The predicted molar refractivity (Wildman–Crippen MR) is 110 cm³/mol. The summed E-state index contributed by atoms with van der Waals surface area (Å²) in [4.78, 5) is 25.9. The second kappa shape index (κ2) is 7.75. The number of ether oxygens (including phenoxy) is 3. The van der Waals surface area contributed by atoms with Gasteiger partial charge in [0.1, 0.15) is 0 Å². The second-order valence-corrected chi connectivity index (χ2v) is 8.57. The summed E-state index contributed by atoms with van der Waals surface area (Å²) >= 11 is 6.43. The quantitative estimate of drug-likeness (QED) is 0.739. The highest BCUT2D eigenvalue weighted by Crippen LogP contribution is 2.49. The van der Waals surface area contributed by atoms with Crippen LogP contribution < -0.4 is 14.8 Å². The van der Waals surface area contributed by atoms with Crippen LogP contribution >= 0.6 is 11.6 Å². The molecule has 1 N–H and O–H groups in total. The highest BCUT2D eigenvalue weighted by molar-refractivity contribution is 6.32. The zero-order valence-corrected chi connectivity index (χ0v) is 18.3. The molecule has 156 valence electrons. The van der Waals surface area contributed by atoms with Gasteiger partial charge in [-0.3, -0.25) is 4.79 Å². The number of Topliss-reactive ketones (excluding diaryl/α,β-unsaturated/α-hetero) is 1. The summed E-state index contributed by atoms with van der Waals surface area (Å²) < 4.78 is 15.8. The molecule has 1 aromatic rings. The largest absolute Gasteiger partial charge is 0.493 e. The number of carbonyl (C=O) groups excluding carboxylic acids is 2. The minimum absolute atomic E-state index is 0.00793. The number of allylic oxidation sites excluding steroid dienone is 3. The third-order valence-corrected chi connectivity index (χ3v) is 5.72. The van der Waals surface area contributed by atoms with E-state index >= 15 is 0 Å². The molecule has 7 heteroatoms. The number of carbonyl (C=O) groups is 2. The van der Waals surface area contributed by atoms with E-state index in [1.165, 1.54) is 21.3 Å². The monoisotopic (exact) mass is 419 g/mol. The van der Waals surface area contributed by atoms with Crippen LogP contribution in [0.25, 0.3) is 0 Å². The van der Waals surface area contributed by atoms with Crippen LogP contribution in [-0.2, 0) is 14.3 Å². The first-order valence-electron chi connectivity index (χ1n) is 9.37. The van der Waals surface area contributed by atoms with Crippen LogP contribution in [0.1, 0.15) is 45.1 Å². The van der Waals surface area contributed by atoms with E-state index in [9.17, 15) is 9.59 Å². The highest BCUT2D eigenvalue weighted by atomic mass is 35.5. The van der Waals surface area contributed by atoms with Gasteiger partial charge >= 0.3 is 5.97 Å². The molecule has 0 bridgehead atoms. The van der Waals surface area contributed by atoms with Crippen molar-refractivity contribution in [3.8, 4) is 11.5 Å². The topological polar surface area (TPSA) is 73.9 Å². The molecular formula is C22H26ClNO5. The molecule has 0 spiro atoms. The predicted octanol–water partition coefficient (Wildman–Crippen LogP) is 4.13. The van der Waals surface area contributed by atoms with Gasteiger partial charge < -0.3 is 19.5 Å². The average Bonchev–Trinajstić information content (AvgIpc) is 2.64. The summed E-state index contributed by atoms with van der Waals surface area (Å²) in [5, 5.41) is 3.62. The van der Waals surface area contributed by atoms with Gasteiger partial charge in [0.2, 0.25) is 0 Å². The van der Waals surface area contributed by atoms with Crippen molar-refractivity contribution in [3.05, 3.63) is 45.3 Å². The van der Waals surface area contributed by atoms with E-state index in [1.807, 2.05) is 6.92 Å². The first kappa shape index (κ1) is 21.2. The average molecular weight is 420 g/mol. The Labute approximate surface area is 175 Å². The minimum Gasteiger partial charge on any atom is -0.493 e. The van der Waals surface area contributed by atoms with Crippen LogP contribution in [0.4, 0.5) is 0 Å². The Morgan fingerprint density at radius 1 is 1.17 bits per heavy atom. The van der Waals surface area contributed by atoms with E-state index in [1.54, 1.807) is 12.1 Å². The van der Waals surface area contributed by atoms with Gasteiger partial charge in [-0.15, -0.1) is 0 Å². The van der Waals surface area contributed by atoms with Crippen LogP contribution in [0.15, 0.2) is 34.7 Å². The molecule has 1 aliphatic carbocycles. The van der Waals surface area contributed by atoms with Gasteiger partial charge in [0, 0.05) is 29.3 Å². The van der Waals surface area contributed by atoms with E-state index in [0.29, 0.717) is 51.8 Å². The van der Waals surface area contributed by atoms with E-state index in [2.05, 4.69) is 19.2 Å². The molecule has 29 heavy (non-hydrogen) atoms. The smallest absolute Gasteiger partial charge is 0.336 e. The molecule has 0 fully saturated rings. The summed E-state index contributed by atoms with van der Waals surface area (Å²) in [6.07, 6.45) is 1.11. The fourth-order valence-corrected chi connectivity index (χ4v) is 4.55. The number of nitrogens with one attached hydrogen (secondary N) is 1. The molecule has 1 heterocycles. The van der Waals surface area contributed by atoms with Gasteiger partial charge in [-0.2, -0.15) is 0 Å². The van der Waals surface area contributed by atoms with Gasteiger partial charge in [0.05, 0.1) is 31.9 Å². The van der Waals surface area contributed by atoms with E-state index in [-0.39, 0.29) is 11.2 Å². The Bertz CT molecular complexity index is 945. The van der Waals surface area contributed by atoms with Crippen LogP contribution in [-0.4, -0.2) is 33.1 Å². The van der Waals surface area contributed by atoms with Crippen molar-refractivity contribution in [1.29, 1.82) is 0 Å². The summed E-state index contributed by atoms with van der Waals surface area (Å²) in [6, 6.07) is 3.47. The minimum atomic E-state index is -0.598. The van der Waals surface area contributed by atoms with Gasteiger partial charge in [-0.1, -0.05) is 25.4 Å². The van der Waals surface area contributed by atoms with E-state index in [4.69, 9.17) is 25.8 Å². The Hall–Kier alpha value is -2.47. The Morgan fingerprint density at radius 2 is 1.86 bits per heavy atom. The van der Waals surface area contributed by atoms with Crippen molar-refractivity contribution in [2.75, 3.05) is 21.3 Å². The molecule has 3 rings (SSSR count). The number of halogens is 1. The maximum absolute atomic E-state index is 13.2. The lowest BCUT2D eigenvalue weighted by Crippen LogP contribution is -2.38. The summed E-state index contributed by atoms with van der Waals surface area (Å²) in [5.74, 6) is -0.248. The lowest BCUT2D eigenvalue weighted by molar-refractivity contribution is -0.136. The highest BCUT2D eigenvalue weighted by Gasteiger charge is 2.43. The maximum Gasteiger partial charge on any atom is 0.336 e. The number of rotatable bonds is 4. The molecular weight excluding hydrogens is 394 g/mol. The summed E-state index contributed by atoms with van der Waals surface area (Å²) in [6.45, 7) is 5.94. The fourth-order valence-electron chi connectivity index (χ4n) is 4.25. The van der Waals surface area contributed by atoms with Crippen molar-refractivity contribution in [2.24, 2.45) is 5.41 Å². The standard InChI is InChI=1S/C22H26ClNO5/c1-11-17(21(26)29-6)18(12-7-13(23)20(28-5)16(8-12)27-4)19-14(24-11)9-22(2,3)10-15(19)25/h7-8,18,24H,9-10H2,1-6H3. The van der Waals surface area contributed by atoms with Crippen LogP contribution in [0.3, 0.4) is 0 Å². The SMILES string of the molecule is COC(=O)C1=C(C)NC2=C(C(=O)CC(C)(C)C2)C1c1cc(Cl)c(OC)c(OC)c1. The van der Waals surface area contributed by atoms with Gasteiger partial charge in [0.15, 0.2) is 17.3 Å². The molecule has 0 aromatic heterocycles. The zero-order valence-electron chi connectivity index (χ0n) is 17.6. The number of benzene rings is 1. The molecule has 0 radical (unpaired) electrons. The van der Waals surface area contributed by atoms with Crippen molar-refractivity contribution >= 4 is 23.4 Å². The summed E-state index contributed by atoms with van der Waals surface area (Å²) in [7, 11) is 4.35. The number of hydrogen-bond donors (Lipinski definition) is 1. The lowest BCUT2D eigenvalue weighted by Gasteiger charge is -2.39. The fraction of sp³-hybridized carbons (Fsp3) is 0.455. The second-order valence-electron chi connectivity index (χ2n) is 8.16. The van der Waals surface area contributed by atoms with E-state index in [0.717, 1.165) is 5.70 Å². The van der Waals surface area contributed by atoms with Crippen molar-refractivity contribution in [3.63, 3.8) is 0 Å². The third kappa shape index (κ3) is 3.73. The lowest BCUT2D eigenvalue weighted by atomic mass is 9.68. The first-order chi connectivity index (χ1) is 13.6. The molecule has 0 amide bonds. The molecule has 1 aromatic carbocycles. The molecule has 0 saturated carbocycles. The maximum atomic E-state index is 13.2. The van der Waals surface area contributed by atoms with Crippen LogP contribution in [0.2, 0.25) is 5.02 Å². The van der Waals surface area contributed by atoms with Crippen LogP contribution in [0.5, 0.6) is 11.5 Å². The van der Waals surface area contributed by atoms with Crippen molar-refractivity contribution in [1.82, 2.24) is 5.32 Å². The summed E-state index contributed by atoms with van der Waals surface area (Å²) in [5.41, 5.74) is 2.99. The normalized spacial score (nSPS) is 20.8. The number of hydrogen-bond acceptors (Lipinski definition) is 6. The molecule has 1 unspecified atom stereocenters. The molecule has 0 saturated heterocycles. The van der Waals surface area contributed by atoms with Gasteiger partial charge in [-0.25, -0.2) is 4.79 Å². The van der Waals surface area contributed by atoms with Crippen molar-refractivity contribution < 1.29 is 23.8 Å². The molecule has 1 atom stereocenters. The van der Waals surface area contributed by atoms with Crippen molar-refractivity contribution in [2.45, 2.75) is 39.5 Å². The third-order valence-electron chi connectivity index (χ3n) is 5.43. The number of methoxy groups -OCH3 is 3. The van der Waals surface area contributed by atoms with Gasteiger partial charge in [0.25, 0.3) is 0 Å².